The van der Waals surface area contributed by atoms with Crippen LogP contribution in [-0.4, -0.2) is 27.7 Å². The van der Waals surface area contributed by atoms with Crippen molar-refractivity contribution < 1.29 is 4.79 Å². The number of pyridine rings is 1. The molecule has 2 N–H and O–H groups in total. The minimum Gasteiger partial charge on any atom is -0.354 e. The Morgan fingerprint density at radius 3 is 3.00 bits per heavy atom. The molecule has 0 bridgehead atoms. The molecular weight excluding hydrogens is 230 g/mol. The van der Waals surface area contributed by atoms with Gasteiger partial charge < -0.3 is 10.6 Å². The van der Waals surface area contributed by atoms with Gasteiger partial charge >= 0.3 is 0 Å². The van der Waals surface area contributed by atoms with Crippen LogP contribution in [0.5, 0.6) is 0 Å². The average Bonchev–Trinajstić information content (AvgIpc) is 2.99. The molecule has 0 unspecified atom stereocenters. The van der Waals surface area contributed by atoms with Crippen molar-refractivity contribution in [2.24, 2.45) is 0 Å². The fourth-order valence-electron chi connectivity index (χ4n) is 1.97. The smallest absolute Gasteiger partial charge is 0.269 e. The Kier molecular flexibility index (Phi) is 2.56. The summed E-state index contributed by atoms with van der Waals surface area (Å²) in [7, 11) is 1.59. The first-order valence-electron chi connectivity index (χ1n) is 5.74. The third-order valence-corrected chi connectivity index (χ3v) is 2.96. The van der Waals surface area contributed by atoms with Gasteiger partial charge in [-0.1, -0.05) is 0 Å². The summed E-state index contributed by atoms with van der Waals surface area (Å²) in [5, 5.41) is 10.2. The van der Waals surface area contributed by atoms with Crippen LogP contribution < -0.4 is 10.6 Å². The lowest BCUT2D eigenvalue weighted by atomic mass is 10.3. The van der Waals surface area contributed by atoms with E-state index < -0.39 is 0 Å². The summed E-state index contributed by atoms with van der Waals surface area (Å²) in [5.41, 5.74) is 3.55. The van der Waals surface area contributed by atoms with Crippen molar-refractivity contribution in [3.63, 3.8) is 0 Å². The van der Waals surface area contributed by atoms with Gasteiger partial charge in [-0.25, -0.2) is 9.67 Å². The third-order valence-electron chi connectivity index (χ3n) is 2.96. The molecule has 0 radical (unpaired) electrons. The molecule has 1 amide bonds. The van der Waals surface area contributed by atoms with Gasteiger partial charge in [0, 0.05) is 31.9 Å². The first-order chi connectivity index (χ1) is 8.78. The Balaban J connectivity index is 1.90. The van der Waals surface area contributed by atoms with E-state index in [4.69, 9.17) is 0 Å². The number of hydrogen-bond acceptors (Lipinski definition) is 4. The highest BCUT2D eigenvalue weighted by atomic mass is 16.1. The molecular formula is C12H13N5O. The second-order valence-corrected chi connectivity index (χ2v) is 4.13. The molecule has 0 spiro atoms. The summed E-state index contributed by atoms with van der Waals surface area (Å²) in [6, 6.07) is 3.53. The molecule has 92 valence electrons. The minimum absolute atomic E-state index is 0.186. The van der Waals surface area contributed by atoms with Gasteiger partial charge in [-0.3, -0.25) is 4.79 Å². The van der Waals surface area contributed by atoms with Gasteiger partial charge in [0.05, 0.1) is 17.6 Å². The molecule has 1 aliphatic heterocycles. The van der Waals surface area contributed by atoms with Crippen LogP contribution in [0, 0.1) is 0 Å². The van der Waals surface area contributed by atoms with Crippen molar-refractivity contribution in [1.82, 2.24) is 25.4 Å². The van der Waals surface area contributed by atoms with E-state index in [1.165, 1.54) is 5.56 Å². The zero-order chi connectivity index (χ0) is 12.5. The van der Waals surface area contributed by atoms with E-state index in [0.717, 1.165) is 24.5 Å². The van der Waals surface area contributed by atoms with E-state index in [0.29, 0.717) is 5.69 Å². The van der Waals surface area contributed by atoms with Crippen LogP contribution in [-0.2, 0) is 13.1 Å². The fraction of sp³-hybridized carbons (Fsp3) is 0.250. The van der Waals surface area contributed by atoms with Gasteiger partial charge in [-0.2, -0.15) is 5.10 Å². The predicted molar refractivity (Wildman–Crippen MR) is 65.3 cm³/mol. The number of nitrogens with one attached hydrogen (secondary N) is 2. The van der Waals surface area contributed by atoms with E-state index >= 15 is 0 Å². The summed E-state index contributed by atoms with van der Waals surface area (Å²) < 4.78 is 1.80. The lowest BCUT2D eigenvalue weighted by Gasteiger charge is -2.03. The van der Waals surface area contributed by atoms with Crippen LogP contribution in [0.15, 0.2) is 24.5 Å². The maximum Gasteiger partial charge on any atom is 0.269 e. The van der Waals surface area contributed by atoms with Gasteiger partial charge in [-0.15, -0.1) is 0 Å². The highest BCUT2D eigenvalue weighted by Crippen LogP contribution is 2.16. The Labute approximate surface area is 104 Å². The molecule has 0 atom stereocenters. The normalized spacial score (nSPS) is 13.4. The van der Waals surface area contributed by atoms with Gasteiger partial charge in [0.15, 0.2) is 0 Å². The van der Waals surface area contributed by atoms with Crippen molar-refractivity contribution in [3.8, 4) is 5.69 Å². The van der Waals surface area contributed by atoms with Crippen LogP contribution in [0.4, 0.5) is 0 Å². The number of amides is 1. The maximum atomic E-state index is 11.4. The molecule has 2 aromatic heterocycles. The topological polar surface area (TPSA) is 71.8 Å². The molecule has 3 rings (SSSR count). The zero-order valence-electron chi connectivity index (χ0n) is 9.97. The van der Waals surface area contributed by atoms with Crippen LogP contribution in [0.1, 0.15) is 21.7 Å². The highest BCUT2D eigenvalue weighted by Gasteiger charge is 2.15. The summed E-state index contributed by atoms with van der Waals surface area (Å²) in [4.78, 5) is 15.5. The molecule has 1 aliphatic rings. The second-order valence-electron chi connectivity index (χ2n) is 4.13. The maximum absolute atomic E-state index is 11.4. The number of hydrogen-bond donors (Lipinski definition) is 2. The molecule has 0 saturated heterocycles. The number of carbonyl (C=O) groups is 1. The first-order valence-corrected chi connectivity index (χ1v) is 5.74. The fourth-order valence-corrected chi connectivity index (χ4v) is 1.97. The SMILES string of the molecule is CNC(=O)c1ccc(-n2cc3c(n2)CNC3)cn1. The number of rotatable bonds is 2. The number of aromatic nitrogens is 3. The third kappa shape index (κ3) is 1.76. The lowest BCUT2D eigenvalue weighted by Crippen LogP contribution is -2.19. The van der Waals surface area contributed by atoms with E-state index in [9.17, 15) is 4.79 Å². The number of nitrogens with zero attached hydrogens (tertiary/aromatic N) is 3. The monoisotopic (exact) mass is 243 g/mol. The standard InChI is InChI=1S/C12H13N5O/c1-13-12(18)10-3-2-9(5-15-10)17-7-8-4-14-6-11(8)16-17/h2-3,5,7,14H,4,6H2,1H3,(H,13,18). The first kappa shape index (κ1) is 10.9. The predicted octanol–water partition coefficient (Wildman–Crippen LogP) is 0.230. The molecule has 6 nitrogen and oxygen atoms in total. The van der Waals surface area contributed by atoms with Crippen molar-refractivity contribution in [3.05, 3.63) is 41.5 Å². The van der Waals surface area contributed by atoms with Crippen molar-refractivity contribution >= 4 is 5.91 Å². The van der Waals surface area contributed by atoms with Crippen molar-refractivity contribution in [2.45, 2.75) is 13.1 Å². The molecule has 6 heteroatoms. The summed E-state index contributed by atoms with van der Waals surface area (Å²) >= 11 is 0. The minimum atomic E-state index is -0.186. The Bertz CT molecular complexity index is 566. The number of carbonyl (C=O) groups excluding carboxylic acids is 1. The van der Waals surface area contributed by atoms with E-state index in [1.807, 2.05) is 12.3 Å². The Morgan fingerprint density at radius 1 is 1.44 bits per heavy atom. The number of fused-ring (bicyclic) bond motifs is 1. The molecule has 18 heavy (non-hydrogen) atoms. The van der Waals surface area contributed by atoms with Crippen LogP contribution in [0.3, 0.4) is 0 Å². The van der Waals surface area contributed by atoms with Crippen molar-refractivity contribution in [2.75, 3.05) is 7.05 Å². The molecule has 0 aromatic carbocycles. The van der Waals surface area contributed by atoms with Gasteiger partial charge in [-0.05, 0) is 12.1 Å². The van der Waals surface area contributed by atoms with Crippen LogP contribution in [0.25, 0.3) is 5.69 Å². The molecule has 0 aliphatic carbocycles. The van der Waals surface area contributed by atoms with Crippen LogP contribution in [0.2, 0.25) is 0 Å². The largest absolute Gasteiger partial charge is 0.354 e. The van der Waals surface area contributed by atoms with Gasteiger partial charge in [0.1, 0.15) is 5.69 Å². The van der Waals surface area contributed by atoms with Crippen molar-refractivity contribution in [1.29, 1.82) is 0 Å². The molecule has 2 aromatic rings. The van der Waals surface area contributed by atoms with E-state index in [-0.39, 0.29) is 5.91 Å². The zero-order valence-corrected chi connectivity index (χ0v) is 9.97. The molecule has 3 heterocycles. The van der Waals surface area contributed by atoms with Gasteiger partial charge in [0.25, 0.3) is 5.91 Å². The Hall–Kier alpha value is -2.21. The summed E-state index contributed by atoms with van der Waals surface area (Å²) in [6.07, 6.45) is 3.64. The summed E-state index contributed by atoms with van der Waals surface area (Å²) in [6.45, 7) is 1.67. The van der Waals surface area contributed by atoms with E-state index in [1.54, 1.807) is 24.0 Å². The molecule has 0 fully saturated rings. The second kappa shape index (κ2) is 4.23. The Morgan fingerprint density at radius 2 is 2.33 bits per heavy atom. The average molecular weight is 243 g/mol. The van der Waals surface area contributed by atoms with E-state index in [2.05, 4.69) is 20.7 Å². The van der Waals surface area contributed by atoms with Gasteiger partial charge in [0.2, 0.25) is 0 Å². The quantitative estimate of drug-likeness (QED) is 0.792. The van der Waals surface area contributed by atoms with Crippen LogP contribution >= 0.6 is 0 Å². The lowest BCUT2D eigenvalue weighted by molar-refractivity contribution is 0.0958. The molecule has 0 saturated carbocycles. The highest BCUT2D eigenvalue weighted by molar-refractivity contribution is 5.92. The summed E-state index contributed by atoms with van der Waals surface area (Å²) in [5.74, 6) is -0.186.